The Kier molecular flexibility index (Phi) is 12.9. The zero-order valence-corrected chi connectivity index (χ0v) is 23.2. The fraction of sp³-hybridized carbons (Fsp3) is 0.607. The number of carbonyl (C=O) groups excluding carboxylic acids is 3. The fourth-order valence-corrected chi connectivity index (χ4v) is 5.16. The maximum atomic E-state index is 13.5. The van der Waals surface area contributed by atoms with E-state index in [9.17, 15) is 34.2 Å². The number of aliphatic carboxylic acids is 2. The van der Waals surface area contributed by atoms with Crippen LogP contribution in [-0.2, 0) is 30.4 Å². The second kappa shape index (κ2) is 15.8. The van der Waals surface area contributed by atoms with Crippen LogP contribution in [0, 0.1) is 11.3 Å². The van der Waals surface area contributed by atoms with Crippen molar-refractivity contribution in [1.82, 2.24) is 16.0 Å². The Morgan fingerprint density at radius 2 is 1.62 bits per heavy atom. The molecule has 7 N–H and O–H groups in total. The molecule has 0 saturated heterocycles. The van der Waals surface area contributed by atoms with Crippen LogP contribution in [0.3, 0.4) is 0 Å². The Morgan fingerprint density at radius 3 is 2.15 bits per heavy atom. The SMILES string of the molecule is COc1ccc(C[C@H](NC(=O)C2(C[C@@H](CNC(=O)[C@H](CCCCN)NC(C)=O)C(=O)O)CCCC2)C(=O)O)cc1. The van der Waals surface area contributed by atoms with Crippen molar-refractivity contribution >= 4 is 29.7 Å². The number of amides is 3. The van der Waals surface area contributed by atoms with Gasteiger partial charge in [0.05, 0.1) is 18.4 Å². The van der Waals surface area contributed by atoms with E-state index in [-0.39, 0.29) is 25.3 Å². The molecule has 1 aromatic rings. The fourth-order valence-electron chi connectivity index (χ4n) is 5.16. The van der Waals surface area contributed by atoms with E-state index in [0.717, 1.165) is 0 Å². The molecular formula is C28H42N4O8. The summed E-state index contributed by atoms with van der Waals surface area (Å²) in [5.74, 6) is -4.22. The molecular weight excluding hydrogens is 520 g/mol. The van der Waals surface area contributed by atoms with Crippen LogP contribution in [0.2, 0.25) is 0 Å². The van der Waals surface area contributed by atoms with Gasteiger partial charge in [0, 0.05) is 19.9 Å². The third-order valence-electron chi connectivity index (χ3n) is 7.39. The maximum absolute atomic E-state index is 13.5. The molecule has 40 heavy (non-hydrogen) atoms. The highest BCUT2D eigenvalue weighted by Gasteiger charge is 2.45. The molecule has 1 saturated carbocycles. The molecule has 222 valence electrons. The van der Waals surface area contributed by atoms with E-state index >= 15 is 0 Å². The van der Waals surface area contributed by atoms with Gasteiger partial charge in [0.2, 0.25) is 17.7 Å². The summed E-state index contributed by atoms with van der Waals surface area (Å²) < 4.78 is 5.13. The number of methoxy groups -OCH3 is 1. The van der Waals surface area contributed by atoms with Gasteiger partial charge in [0.1, 0.15) is 17.8 Å². The van der Waals surface area contributed by atoms with Crippen molar-refractivity contribution < 1.29 is 38.9 Å². The maximum Gasteiger partial charge on any atom is 0.326 e. The first-order chi connectivity index (χ1) is 19.0. The Balaban J connectivity index is 2.11. The normalized spacial score (nSPS) is 16.3. The van der Waals surface area contributed by atoms with E-state index in [4.69, 9.17) is 10.5 Å². The number of carboxylic acid groups (broad SMARTS) is 2. The van der Waals surface area contributed by atoms with Crippen molar-refractivity contribution in [2.75, 3.05) is 20.2 Å². The molecule has 3 atom stereocenters. The summed E-state index contributed by atoms with van der Waals surface area (Å²) in [4.78, 5) is 62.0. The topological polar surface area (TPSA) is 197 Å². The van der Waals surface area contributed by atoms with Crippen LogP contribution in [0.25, 0.3) is 0 Å². The van der Waals surface area contributed by atoms with Gasteiger partial charge < -0.3 is 36.6 Å². The van der Waals surface area contributed by atoms with Crippen molar-refractivity contribution in [3.8, 4) is 5.75 Å². The van der Waals surface area contributed by atoms with Crippen LogP contribution in [-0.4, -0.2) is 72.2 Å². The zero-order valence-electron chi connectivity index (χ0n) is 23.2. The second-order valence-electron chi connectivity index (χ2n) is 10.4. The highest BCUT2D eigenvalue weighted by atomic mass is 16.5. The summed E-state index contributed by atoms with van der Waals surface area (Å²) in [6, 6.07) is 4.83. The number of carboxylic acids is 2. The summed E-state index contributed by atoms with van der Waals surface area (Å²) >= 11 is 0. The largest absolute Gasteiger partial charge is 0.497 e. The minimum absolute atomic E-state index is 0.0499. The van der Waals surface area contributed by atoms with E-state index in [2.05, 4.69) is 16.0 Å². The lowest BCUT2D eigenvalue weighted by atomic mass is 9.76. The summed E-state index contributed by atoms with van der Waals surface area (Å²) in [6.07, 6.45) is 3.88. The van der Waals surface area contributed by atoms with E-state index in [1.807, 2.05) is 0 Å². The number of unbranched alkanes of at least 4 members (excludes halogenated alkanes) is 1. The average Bonchev–Trinajstić information content (AvgIpc) is 3.40. The second-order valence-corrected chi connectivity index (χ2v) is 10.4. The van der Waals surface area contributed by atoms with Gasteiger partial charge >= 0.3 is 11.9 Å². The zero-order chi connectivity index (χ0) is 29.7. The Hall–Kier alpha value is -3.67. The summed E-state index contributed by atoms with van der Waals surface area (Å²) in [7, 11) is 1.52. The molecule has 0 heterocycles. The molecule has 1 aliphatic rings. The van der Waals surface area contributed by atoms with Crippen LogP contribution in [0.1, 0.15) is 63.9 Å². The number of rotatable bonds is 17. The standard InChI is InChI=1S/C28H42N4O8/c1-18(33)31-22(7-3-6-14-29)24(34)30-17-20(25(35)36)16-28(12-4-5-13-28)27(39)32-23(26(37)38)15-19-8-10-21(40-2)11-9-19/h8-11,20,22-23H,3-7,12-17,29H2,1-2H3,(H,30,34)(H,31,33)(H,32,39)(H,35,36)(H,37,38)/t20-,22-,23-/m0/s1. The minimum Gasteiger partial charge on any atom is -0.497 e. The van der Waals surface area contributed by atoms with Gasteiger partial charge in [-0.25, -0.2) is 4.79 Å². The molecule has 12 nitrogen and oxygen atoms in total. The van der Waals surface area contributed by atoms with Crippen molar-refractivity contribution in [2.24, 2.45) is 17.1 Å². The third kappa shape index (κ3) is 9.82. The van der Waals surface area contributed by atoms with Gasteiger partial charge in [-0.3, -0.25) is 19.2 Å². The molecule has 12 heteroatoms. The molecule has 1 aromatic carbocycles. The highest BCUT2D eigenvalue weighted by Crippen LogP contribution is 2.43. The third-order valence-corrected chi connectivity index (χ3v) is 7.39. The van der Waals surface area contributed by atoms with Crippen molar-refractivity contribution in [3.05, 3.63) is 29.8 Å². The van der Waals surface area contributed by atoms with E-state index in [1.54, 1.807) is 24.3 Å². The minimum atomic E-state index is -1.20. The molecule has 0 spiro atoms. The lowest BCUT2D eigenvalue weighted by Crippen LogP contribution is -2.51. The molecule has 0 radical (unpaired) electrons. The number of hydrogen-bond acceptors (Lipinski definition) is 7. The lowest BCUT2D eigenvalue weighted by molar-refractivity contribution is -0.147. The molecule has 0 aromatic heterocycles. The van der Waals surface area contributed by atoms with Gasteiger partial charge in [0.15, 0.2) is 0 Å². The number of ether oxygens (including phenoxy) is 1. The Bertz CT molecular complexity index is 1020. The van der Waals surface area contributed by atoms with Crippen molar-refractivity contribution in [1.29, 1.82) is 0 Å². The van der Waals surface area contributed by atoms with Gasteiger partial charge in [-0.05, 0) is 62.8 Å². The number of nitrogens with one attached hydrogen (secondary N) is 3. The van der Waals surface area contributed by atoms with E-state index in [0.29, 0.717) is 62.8 Å². The molecule has 2 rings (SSSR count). The quantitative estimate of drug-likeness (QED) is 0.151. The summed E-state index contributed by atoms with van der Waals surface area (Å²) in [5, 5.41) is 27.6. The first kappa shape index (κ1) is 32.5. The first-order valence-corrected chi connectivity index (χ1v) is 13.7. The van der Waals surface area contributed by atoms with Crippen LogP contribution in [0.5, 0.6) is 5.75 Å². The van der Waals surface area contributed by atoms with Crippen LogP contribution >= 0.6 is 0 Å². The smallest absolute Gasteiger partial charge is 0.326 e. The monoisotopic (exact) mass is 562 g/mol. The molecule has 0 unspecified atom stereocenters. The molecule has 1 aliphatic carbocycles. The van der Waals surface area contributed by atoms with E-state index in [1.165, 1.54) is 14.0 Å². The highest BCUT2D eigenvalue weighted by molar-refractivity contribution is 5.89. The van der Waals surface area contributed by atoms with E-state index < -0.39 is 47.2 Å². The Labute approximate surface area is 234 Å². The summed E-state index contributed by atoms with van der Waals surface area (Å²) in [6.45, 7) is 1.51. The van der Waals surface area contributed by atoms with Gasteiger partial charge in [-0.2, -0.15) is 0 Å². The molecule has 0 aliphatic heterocycles. The lowest BCUT2D eigenvalue weighted by Gasteiger charge is -2.32. The number of benzene rings is 1. The van der Waals surface area contributed by atoms with Gasteiger partial charge in [0.25, 0.3) is 0 Å². The number of carbonyl (C=O) groups is 5. The van der Waals surface area contributed by atoms with Gasteiger partial charge in [-0.15, -0.1) is 0 Å². The Morgan fingerprint density at radius 1 is 0.975 bits per heavy atom. The molecule has 0 bridgehead atoms. The van der Waals surface area contributed by atoms with Gasteiger partial charge in [-0.1, -0.05) is 25.0 Å². The van der Waals surface area contributed by atoms with Crippen LogP contribution in [0.15, 0.2) is 24.3 Å². The van der Waals surface area contributed by atoms with Crippen LogP contribution < -0.4 is 26.4 Å². The van der Waals surface area contributed by atoms with Crippen molar-refractivity contribution in [3.63, 3.8) is 0 Å². The predicted octanol–water partition coefficient (Wildman–Crippen LogP) is 1.21. The predicted molar refractivity (Wildman–Crippen MR) is 146 cm³/mol. The summed E-state index contributed by atoms with van der Waals surface area (Å²) in [5.41, 5.74) is 5.14. The van der Waals surface area contributed by atoms with Crippen LogP contribution in [0.4, 0.5) is 0 Å². The molecule has 3 amide bonds. The average molecular weight is 563 g/mol. The number of nitrogens with two attached hydrogens (primary N) is 1. The number of hydrogen-bond donors (Lipinski definition) is 6. The molecule has 1 fully saturated rings. The van der Waals surface area contributed by atoms with Crippen molar-refractivity contribution in [2.45, 2.75) is 76.8 Å². The first-order valence-electron chi connectivity index (χ1n) is 13.7.